The fourth-order valence-corrected chi connectivity index (χ4v) is 2.01. The number of nitrogens with one attached hydrogen (secondary N) is 1. The van der Waals surface area contributed by atoms with Gasteiger partial charge in [0.2, 0.25) is 0 Å². The number of halogens is 1. The van der Waals surface area contributed by atoms with Crippen LogP contribution < -0.4 is 5.32 Å². The first kappa shape index (κ1) is 13.9. The van der Waals surface area contributed by atoms with E-state index in [0.29, 0.717) is 5.56 Å². The first-order valence-electron chi connectivity index (χ1n) is 6.05. The van der Waals surface area contributed by atoms with Gasteiger partial charge in [0.25, 0.3) is 0 Å². The topological polar surface area (TPSA) is 52.5 Å². The average Bonchev–Trinajstić information content (AvgIpc) is 2.47. The van der Waals surface area contributed by atoms with Crippen LogP contribution in [0, 0.1) is 0 Å². The van der Waals surface area contributed by atoms with E-state index in [0.717, 1.165) is 11.4 Å². The molecule has 0 fully saturated rings. The predicted molar refractivity (Wildman–Crippen MR) is 77.9 cm³/mol. The average molecular weight is 278 g/mol. The van der Waals surface area contributed by atoms with Crippen molar-refractivity contribution in [2.45, 2.75) is 12.2 Å². The molecule has 0 amide bonds. The van der Waals surface area contributed by atoms with Gasteiger partial charge in [-0.3, -0.25) is 0 Å². The molecule has 2 atom stereocenters. The van der Waals surface area contributed by atoms with Crippen molar-refractivity contribution in [3.05, 3.63) is 60.2 Å². The molecule has 100 valence electrons. The molecule has 4 heteroatoms. The summed E-state index contributed by atoms with van der Waals surface area (Å²) in [4.78, 5) is 0. The minimum absolute atomic E-state index is 0.0131. The third-order valence-corrected chi connectivity index (χ3v) is 3.17. The number of rotatable bonds is 5. The summed E-state index contributed by atoms with van der Waals surface area (Å²) in [5.74, 6) is -0.0131. The fourth-order valence-electron chi connectivity index (χ4n) is 1.84. The zero-order chi connectivity index (χ0) is 13.7. The van der Waals surface area contributed by atoms with Crippen molar-refractivity contribution in [3.8, 4) is 0 Å². The summed E-state index contributed by atoms with van der Waals surface area (Å²) in [6.45, 7) is 0. The molecule has 3 nitrogen and oxygen atoms in total. The van der Waals surface area contributed by atoms with Gasteiger partial charge in [-0.1, -0.05) is 36.4 Å². The molecule has 0 heterocycles. The Morgan fingerprint density at radius 3 is 2.26 bits per heavy atom. The largest absolute Gasteiger partial charge is 0.389 e. The van der Waals surface area contributed by atoms with Gasteiger partial charge in [0.1, 0.15) is 6.10 Å². The van der Waals surface area contributed by atoms with Crippen LogP contribution in [0.2, 0.25) is 0 Å². The summed E-state index contributed by atoms with van der Waals surface area (Å²) in [5, 5.41) is 23.0. The lowest BCUT2D eigenvalue weighted by Crippen LogP contribution is -2.20. The van der Waals surface area contributed by atoms with Crippen LogP contribution in [-0.2, 0) is 0 Å². The number of anilines is 2. The van der Waals surface area contributed by atoms with Crippen molar-refractivity contribution >= 4 is 23.0 Å². The zero-order valence-corrected chi connectivity index (χ0v) is 11.1. The fraction of sp³-hybridized carbons (Fsp3) is 0.200. The van der Waals surface area contributed by atoms with Gasteiger partial charge in [0.15, 0.2) is 0 Å². The third-order valence-electron chi connectivity index (χ3n) is 2.85. The Balaban J connectivity index is 2.26. The van der Waals surface area contributed by atoms with Crippen molar-refractivity contribution < 1.29 is 10.2 Å². The predicted octanol–water partition coefficient (Wildman–Crippen LogP) is 3.06. The highest BCUT2D eigenvalue weighted by atomic mass is 35.5. The van der Waals surface area contributed by atoms with E-state index in [4.69, 9.17) is 11.6 Å². The molecular weight excluding hydrogens is 262 g/mol. The number of hydrogen-bond acceptors (Lipinski definition) is 3. The molecule has 0 aliphatic carbocycles. The molecule has 0 aromatic heterocycles. The Morgan fingerprint density at radius 2 is 1.58 bits per heavy atom. The molecule has 0 aliphatic heterocycles. The molecule has 0 aliphatic rings. The van der Waals surface area contributed by atoms with Crippen molar-refractivity contribution in [3.63, 3.8) is 0 Å². The van der Waals surface area contributed by atoms with Crippen LogP contribution in [-0.4, -0.2) is 22.2 Å². The number of aliphatic hydroxyl groups is 2. The van der Waals surface area contributed by atoms with Crippen LogP contribution in [0.3, 0.4) is 0 Å². The SMILES string of the molecule is OC(CCl)C(O)c1ccccc1Nc1ccccc1. The lowest BCUT2D eigenvalue weighted by molar-refractivity contribution is 0.0331. The van der Waals surface area contributed by atoms with Crippen LogP contribution in [0.15, 0.2) is 54.6 Å². The van der Waals surface area contributed by atoms with Crippen LogP contribution >= 0.6 is 11.6 Å². The maximum atomic E-state index is 10.1. The molecule has 0 spiro atoms. The van der Waals surface area contributed by atoms with E-state index in [-0.39, 0.29) is 5.88 Å². The first-order valence-corrected chi connectivity index (χ1v) is 6.59. The lowest BCUT2D eigenvalue weighted by Gasteiger charge is -2.20. The first-order chi connectivity index (χ1) is 9.22. The summed E-state index contributed by atoms with van der Waals surface area (Å²) in [6, 6.07) is 17.0. The Hall–Kier alpha value is -1.55. The molecule has 0 saturated carbocycles. The van der Waals surface area contributed by atoms with E-state index in [1.54, 1.807) is 6.07 Å². The number of alkyl halides is 1. The Morgan fingerprint density at radius 1 is 0.947 bits per heavy atom. The standard InChI is InChI=1S/C15H16ClNO2/c16-10-14(18)15(19)12-8-4-5-9-13(12)17-11-6-2-1-3-7-11/h1-9,14-15,17-19H,10H2. The van der Waals surface area contributed by atoms with Gasteiger partial charge in [-0.15, -0.1) is 11.6 Å². The van der Waals surface area contributed by atoms with Gasteiger partial charge in [-0.25, -0.2) is 0 Å². The summed E-state index contributed by atoms with van der Waals surface area (Å²) in [6.07, 6.45) is -2.00. The van der Waals surface area contributed by atoms with Crippen LogP contribution in [0.1, 0.15) is 11.7 Å². The second kappa shape index (κ2) is 6.57. The van der Waals surface area contributed by atoms with E-state index < -0.39 is 12.2 Å². The number of para-hydroxylation sites is 2. The van der Waals surface area contributed by atoms with Gasteiger partial charge in [0, 0.05) is 16.9 Å². The maximum Gasteiger partial charge on any atom is 0.108 e. The number of aliphatic hydroxyl groups excluding tert-OH is 2. The van der Waals surface area contributed by atoms with E-state index in [2.05, 4.69) is 5.32 Å². The monoisotopic (exact) mass is 277 g/mol. The minimum Gasteiger partial charge on any atom is -0.389 e. The van der Waals surface area contributed by atoms with E-state index in [9.17, 15) is 10.2 Å². The van der Waals surface area contributed by atoms with Crippen molar-refractivity contribution in [2.24, 2.45) is 0 Å². The Labute approximate surface area is 117 Å². The number of benzene rings is 2. The highest BCUT2D eigenvalue weighted by Gasteiger charge is 2.20. The normalized spacial score (nSPS) is 13.8. The Kier molecular flexibility index (Phi) is 4.80. The van der Waals surface area contributed by atoms with E-state index in [1.807, 2.05) is 48.5 Å². The quantitative estimate of drug-likeness (QED) is 0.736. The molecule has 0 saturated heterocycles. The zero-order valence-electron chi connectivity index (χ0n) is 10.3. The van der Waals surface area contributed by atoms with Gasteiger partial charge in [0.05, 0.1) is 12.0 Å². The van der Waals surface area contributed by atoms with Gasteiger partial charge < -0.3 is 15.5 Å². The van der Waals surface area contributed by atoms with E-state index >= 15 is 0 Å². The summed E-state index contributed by atoms with van der Waals surface area (Å²) >= 11 is 5.58. The second-order valence-corrected chi connectivity index (χ2v) is 4.55. The van der Waals surface area contributed by atoms with Crippen LogP contribution in [0.25, 0.3) is 0 Å². The molecular formula is C15H16ClNO2. The highest BCUT2D eigenvalue weighted by Crippen LogP contribution is 2.28. The smallest absolute Gasteiger partial charge is 0.108 e. The third kappa shape index (κ3) is 3.47. The molecule has 19 heavy (non-hydrogen) atoms. The van der Waals surface area contributed by atoms with Crippen molar-refractivity contribution in [1.82, 2.24) is 0 Å². The number of hydrogen-bond donors (Lipinski definition) is 3. The van der Waals surface area contributed by atoms with Crippen LogP contribution in [0.5, 0.6) is 0 Å². The minimum atomic E-state index is -1.01. The van der Waals surface area contributed by atoms with Crippen LogP contribution in [0.4, 0.5) is 11.4 Å². The molecule has 0 bridgehead atoms. The molecule has 3 N–H and O–H groups in total. The molecule has 2 unspecified atom stereocenters. The van der Waals surface area contributed by atoms with Gasteiger partial charge in [-0.2, -0.15) is 0 Å². The van der Waals surface area contributed by atoms with Gasteiger partial charge >= 0.3 is 0 Å². The van der Waals surface area contributed by atoms with Crippen molar-refractivity contribution in [1.29, 1.82) is 0 Å². The molecule has 2 aromatic rings. The molecule has 2 rings (SSSR count). The Bertz CT molecular complexity index is 519. The second-order valence-electron chi connectivity index (χ2n) is 4.24. The summed E-state index contributed by atoms with van der Waals surface area (Å²) < 4.78 is 0. The summed E-state index contributed by atoms with van der Waals surface area (Å²) in [5.41, 5.74) is 2.30. The summed E-state index contributed by atoms with van der Waals surface area (Å²) in [7, 11) is 0. The maximum absolute atomic E-state index is 10.1. The van der Waals surface area contributed by atoms with E-state index in [1.165, 1.54) is 0 Å². The highest BCUT2D eigenvalue weighted by molar-refractivity contribution is 6.18. The molecule has 0 radical (unpaired) electrons. The molecule has 2 aromatic carbocycles. The van der Waals surface area contributed by atoms with Crippen molar-refractivity contribution in [2.75, 3.05) is 11.2 Å². The lowest BCUT2D eigenvalue weighted by atomic mass is 10.0. The van der Waals surface area contributed by atoms with Gasteiger partial charge in [-0.05, 0) is 18.2 Å².